The lowest BCUT2D eigenvalue weighted by Gasteiger charge is -2.36. The molecule has 2 aliphatic rings. The number of hydrogen-bond donors (Lipinski definition) is 6. The van der Waals surface area contributed by atoms with Gasteiger partial charge in [-0.1, -0.05) is 55.3 Å². The Labute approximate surface area is 296 Å². The van der Waals surface area contributed by atoms with Crippen LogP contribution in [0.2, 0.25) is 0 Å². The van der Waals surface area contributed by atoms with Crippen LogP contribution in [0.5, 0.6) is 5.75 Å². The highest BCUT2D eigenvalue weighted by Gasteiger charge is 2.44. The zero-order valence-corrected chi connectivity index (χ0v) is 29.4. The Balaban J connectivity index is 1.46. The molecule has 0 saturated carbocycles. The number of carbonyl (C=O) groups is 6. The standard InChI is InChI=1S/C35H46N5O10P/c1-22(41)19-25(20-23-11-14-27(15-12-23)50-51(47,48)49)32(43)39-29-10-6-5-9-26-13-17-30(40(26)35(29)46)34(45)38-28(16-18-31(36)42)33(44)37-21-24-7-3-2-4-8-24/h2-4,7-8,11-12,14-15,25-26,28-30H,5-6,9-10,13,16-21H2,1H3,(H2,36,42)(H,37,44)(H,38,45)(H,39,43)(H2,47,48,49)/t25-,26?,28-,29-,30-/m0/s1. The highest BCUT2D eigenvalue weighted by molar-refractivity contribution is 7.46. The number of rotatable bonds is 16. The van der Waals surface area contributed by atoms with Crippen LogP contribution in [0.1, 0.15) is 75.8 Å². The predicted molar refractivity (Wildman–Crippen MR) is 184 cm³/mol. The van der Waals surface area contributed by atoms with Crippen molar-refractivity contribution >= 4 is 43.1 Å². The molecule has 16 heteroatoms. The molecule has 0 aliphatic carbocycles. The van der Waals surface area contributed by atoms with Crippen molar-refractivity contribution in [3.8, 4) is 5.75 Å². The first-order valence-corrected chi connectivity index (χ1v) is 18.6. The van der Waals surface area contributed by atoms with Gasteiger partial charge in [-0.25, -0.2) is 4.57 Å². The molecule has 51 heavy (non-hydrogen) atoms. The number of primary amides is 1. The zero-order valence-electron chi connectivity index (χ0n) is 28.5. The van der Waals surface area contributed by atoms with Gasteiger partial charge in [-0.05, 0) is 68.7 Å². The molecule has 2 heterocycles. The van der Waals surface area contributed by atoms with E-state index in [1.54, 1.807) is 0 Å². The summed E-state index contributed by atoms with van der Waals surface area (Å²) in [6.07, 6.45) is 3.17. The van der Waals surface area contributed by atoms with Crippen molar-refractivity contribution in [1.29, 1.82) is 0 Å². The van der Waals surface area contributed by atoms with Gasteiger partial charge in [-0.2, -0.15) is 0 Å². The van der Waals surface area contributed by atoms with E-state index < -0.39 is 61.4 Å². The topological polar surface area (TPSA) is 235 Å². The molecular weight excluding hydrogens is 681 g/mol. The Morgan fingerprint density at radius 1 is 0.941 bits per heavy atom. The van der Waals surface area contributed by atoms with Gasteiger partial charge in [0, 0.05) is 31.3 Å². The van der Waals surface area contributed by atoms with Crippen LogP contribution in [-0.2, 0) is 46.3 Å². The lowest BCUT2D eigenvalue weighted by Crippen LogP contribution is -2.58. The van der Waals surface area contributed by atoms with E-state index in [2.05, 4.69) is 20.5 Å². The molecule has 2 aromatic carbocycles. The first-order chi connectivity index (χ1) is 24.2. The first kappa shape index (κ1) is 39.2. The van der Waals surface area contributed by atoms with Crippen LogP contribution in [0.25, 0.3) is 0 Å². The van der Waals surface area contributed by atoms with Crippen molar-refractivity contribution in [1.82, 2.24) is 20.9 Å². The molecule has 15 nitrogen and oxygen atoms in total. The second kappa shape index (κ2) is 18.1. The van der Waals surface area contributed by atoms with Crippen LogP contribution in [0.4, 0.5) is 0 Å². The maximum absolute atomic E-state index is 14.1. The van der Waals surface area contributed by atoms with Crippen LogP contribution >= 0.6 is 7.82 Å². The third kappa shape index (κ3) is 12.0. The molecule has 0 spiro atoms. The van der Waals surface area contributed by atoms with Gasteiger partial charge in [0.25, 0.3) is 0 Å². The number of phosphoric acid groups is 1. The Morgan fingerprint density at radius 3 is 2.27 bits per heavy atom. The molecule has 4 rings (SSSR count). The summed E-state index contributed by atoms with van der Waals surface area (Å²) in [5.41, 5.74) is 6.80. The van der Waals surface area contributed by atoms with Crippen molar-refractivity contribution in [3.05, 3.63) is 65.7 Å². The molecule has 5 amide bonds. The van der Waals surface area contributed by atoms with Crippen molar-refractivity contribution < 1.29 is 47.6 Å². The SMILES string of the molecule is CC(=O)C[C@@H](Cc1ccc(OP(=O)(O)O)cc1)C(=O)N[C@H]1CCCCC2CC[C@@H](C(=O)N[C@@H](CCC(N)=O)C(=O)NCc3ccccc3)N2C1=O. The van der Waals surface area contributed by atoms with Crippen molar-refractivity contribution in [3.63, 3.8) is 0 Å². The average Bonchev–Trinajstić information content (AvgIpc) is 3.49. The van der Waals surface area contributed by atoms with E-state index in [9.17, 15) is 33.3 Å². The van der Waals surface area contributed by atoms with E-state index in [1.165, 1.54) is 36.1 Å². The van der Waals surface area contributed by atoms with Gasteiger partial charge in [-0.15, -0.1) is 0 Å². The van der Waals surface area contributed by atoms with Gasteiger partial charge in [-0.3, -0.25) is 33.8 Å². The van der Waals surface area contributed by atoms with E-state index >= 15 is 0 Å². The summed E-state index contributed by atoms with van der Waals surface area (Å²) < 4.78 is 15.7. The molecule has 0 radical (unpaired) electrons. The smallest absolute Gasteiger partial charge is 0.404 e. The number of Topliss-reactive ketones (excluding diaryl/α,β-unsaturated/α-hetero) is 1. The highest BCUT2D eigenvalue weighted by atomic mass is 31.2. The van der Waals surface area contributed by atoms with E-state index in [0.29, 0.717) is 37.7 Å². The van der Waals surface area contributed by atoms with Crippen LogP contribution in [0.15, 0.2) is 54.6 Å². The summed E-state index contributed by atoms with van der Waals surface area (Å²) in [7, 11) is -4.75. The number of ketones is 1. The van der Waals surface area contributed by atoms with E-state index in [4.69, 9.17) is 15.5 Å². The summed E-state index contributed by atoms with van der Waals surface area (Å²) in [5.74, 6) is -3.75. The van der Waals surface area contributed by atoms with Crippen LogP contribution < -0.4 is 26.2 Å². The number of nitrogens with one attached hydrogen (secondary N) is 3. The fraction of sp³-hybridized carbons (Fsp3) is 0.486. The number of benzene rings is 2. The molecule has 2 saturated heterocycles. The Kier molecular flexibility index (Phi) is 13.9. The van der Waals surface area contributed by atoms with Gasteiger partial charge in [0.15, 0.2) is 0 Å². The Hall–Kier alpha value is -4.59. The quantitative estimate of drug-likeness (QED) is 0.137. The molecule has 7 N–H and O–H groups in total. The lowest BCUT2D eigenvalue weighted by molar-refractivity contribution is -0.145. The maximum atomic E-state index is 14.1. The number of carbonyl (C=O) groups excluding carboxylic acids is 6. The van der Waals surface area contributed by atoms with Crippen LogP contribution in [-0.4, -0.2) is 74.2 Å². The number of nitrogens with two attached hydrogens (primary N) is 1. The molecule has 2 fully saturated rings. The highest BCUT2D eigenvalue weighted by Crippen LogP contribution is 2.37. The summed E-state index contributed by atoms with van der Waals surface area (Å²) in [5, 5.41) is 8.38. The first-order valence-electron chi connectivity index (χ1n) is 17.1. The van der Waals surface area contributed by atoms with Gasteiger partial charge in [0.05, 0.1) is 0 Å². The number of amides is 5. The van der Waals surface area contributed by atoms with Crippen LogP contribution in [0.3, 0.4) is 0 Å². The largest absolute Gasteiger partial charge is 0.524 e. The summed E-state index contributed by atoms with van der Waals surface area (Å²) in [4.78, 5) is 98.1. The minimum absolute atomic E-state index is 0.0264. The Bertz CT molecular complexity index is 1620. The zero-order chi connectivity index (χ0) is 37.1. The maximum Gasteiger partial charge on any atom is 0.524 e. The van der Waals surface area contributed by atoms with Crippen molar-refractivity contribution in [2.24, 2.45) is 11.7 Å². The lowest BCUT2D eigenvalue weighted by atomic mass is 9.92. The molecule has 5 atom stereocenters. The summed E-state index contributed by atoms with van der Waals surface area (Å²) >= 11 is 0. The second-order valence-corrected chi connectivity index (χ2v) is 14.3. The molecule has 2 aromatic rings. The summed E-state index contributed by atoms with van der Waals surface area (Å²) in [6.45, 7) is 1.57. The fourth-order valence-corrected chi connectivity index (χ4v) is 7.05. The number of phosphoric ester groups is 1. The van der Waals surface area contributed by atoms with Gasteiger partial charge in [0.1, 0.15) is 29.7 Å². The Morgan fingerprint density at radius 2 is 1.63 bits per heavy atom. The van der Waals surface area contributed by atoms with Crippen LogP contribution in [0, 0.1) is 5.92 Å². The van der Waals surface area contributed by atoms with Gasteiger partial charge in [0.2, 0.25) is 29.5 Å². The van der Waals surface area contributed by atoms with Crippen molar-refractivity contribution in [2.45, 2.75) is 102 Å². The monoisotopic (exact) mass is 727 g/mol. The minimum Gasteiger partial charge on any atom is -0.404 e. The third-order valence-electron chi connectivity index (χ3n) is 9.11. The van der Waals surface area contributed by atoms with E-state index in [1.807, 2.05) is 30.3 Å². The molecule has 0 aromatic heterocycles. The fourth-order valence-electron chi connectivity index (χ4n) is 6.66. The molecule has 276 valence electrons. The summed E-state index contributed by atoms with van der Waals surface area (Å²) in [6, 6.07) is 11.8. The molecule has 1 unspecified atom stereocenters. The second-order valence-electron chi connectivity index (χ2n) is 13.1. The predicted octanol–water partition coefficient (Wildman–Crippen LogP) is 1.78. The molecule has 2 aliphatic heterocycles. The number of hydrogen-bond acceptors (Lipinski definition) is 8. The van der Waals surface area contributed by atoms with Gasteiger partial charge >= 0.3 is 7.82 Å². The van der Waals surface area contributed by atoms with E-state index in [-0.39, 0.29) is 49.8 Å². The minimum atomic E-state index is -4.75. The molecular formula is C35H46N5O10P. The van der Waals surface area contributed by atoms with Gasteiger partial charge < -0.3 is 35.9 Å². The van der Waals surface area contributed by atoms with E-state index in [0.717, 1.165) is 12.0 Å². The molecule has 0 bridgehead atoms. The normalized spacial score (nSPS) is 20.2. The third-order valence-corrected chi connectivity index (χ3v) is 9.56. The van der Waals surface area contributed by atoms with Crippen molar-refractivity contribution in [2.75, 3.05) is 0 Å². The number of nitrogens with zero attached hydrogens (tertiary/aromatic N) is 1. The number of fused-ring (bicyclic) bond motifs is 1. The average molecular weight is 728 g/mol.